The first-order chi connectivity index (χ1) is 35.5. The van der Waals surface area contributed by atoms with E-state index in [1.165, 1.54) is 128 Å². The zero-order chi connectivity index (χ0) is 53.5. The van der Waals surface area contributed by atoms with Gasteiger partial charge in [-0.25, -0.2) is 0 Å². The normalized spacial score (nSPS) is 14.6. The number of rotatable bonds is 54. The molecule has 422 valence electrons. The Bertz CT molecular complexity index is 1510. The Morgan fingerprint density at radius 1 is 0.493 bits per heavy atom. The number of nitrogens with one attached hydrogen (secondary N) is 1. The standard InChI is InChI=1S/C64H115N2O6P/c1-6-8-10-12-14-16-18-20-22-24-25-26-27-28-29-30-31-32-33-34-35-36-37-38-39-40-41-42-44-46-48-50-52-54-56-58-64(68)65-62(61-72-73(69,70)71-60-59-66(3,4)5)63(67)57-55-53-51-49-47-45-43-23-21-19-17-15-13-11-9-7-2/h8,10,14,16,20,22,25-26,28-29,31-32,34-35,37-38,62-63,67H,6-7,9,11-13,15,17-19,21,23-24,27,30,33,36,39-61H2,1-5H3,(H-,65,68,69,70)/b10-8-,16-14-,22-20-,26-25-,29-28-,32-31-,35-34-,38-37-. The Hall–Kier alpha value is -2.58. The molecule has 0 aliphatic heterocycles. The molecule has 0 rings (SSSR count). The van der Waals surface area contributed by atoms with Crippen LogP contribution in [0.5, 0.6) is 0 Å². The summed E-state index contributed by atoms with van der Waals surface area (Å²) in [6.07, 6.45) is 77.2. The molecule has 1 amide bonds. The topological polar surface area (TPSA) is 108 Å². The summed E-state index contributed by atoms with van der Waals surface area (Å²) < 4.78 is 23.4. The van der Waals surface area contributed by atoms with Crippen molar-refractivity contribution in [2.24, 2.45) is 0 Å². The van der Waals surface area contributed by atoms with Crippen LogP contribution in [0.1, 0.15) is 251 Å². The number of unbranched alkanes of at least 4 members (excludes halogenated alkanes) is 25. The number of aliphatic hydroxyl groups is 1. The summed E-state index contributed by atoms with van der Waals surface area (Å²) >= 11 is 0. The summed E-state index contributed by atoms with van der Waals surface area (Å²) in [5, 5.41) is 14.0. The summed E-state index contributed by atoms with van der Waals surface area (Å²) in [6.45, 7) is 4.61. The minimum atomic E-state index is -4.58. The van der Waals surface area contributed by atoms with Crippen molar-refractivity contribution in [2.75, 3.05) is 40.9 Å². The fourth-order valence-electron chi connectivity index (χ4n) is 8.41. The van der Waals surface area contributed by atoms with Gasteiger partial charge in [0.05, 0.1) is 39.9 Å². The van der Waals surface area contributed by atoms with Gasteiger partial charge in [-0.15, -0.1) is 0 Å². The highest BCUT2D eigenvalue weighted by atomic mass is 31.2. The molecule has 0 radical (unpaired) electrons. The highest BCUT2D eigenvalue weighted by Crippen LogP contribution is 2.38. The Kier molecular flexibility index (Phi) is 52.3. The van der Waals surface area contributed by atoms with Gasteiger partial charge in [0, 0.05) is 6.42 Å². The largest absolute Gasteiger partial charge is 0.756 e. The fraction of sp³-hybridized carbons (Fsp3) is 0.734. The monoisotopic (exact) mass is 1040 g/mol. The number of amides is 1. The number of carbonyl (C=O) groups excluding carboxylic acids is 1. The molecule has 0 heterocycles. The third-order valence-corrected chi connectivity index (χ3v) is 14.1. The number of allylic oxidation sites excluding steroid dienone is 16. The van der Waals surface area contributed by atoms with Crippen molar-refractivity contribution in [3.05, 3.63) is 97.2 Å². The van der Waals surface area contributed by atoms with Crippen molar-refractivity contribution in [3.63, 3.8) is 0 Å². The quantitative estimate of drug-likeness (QED) is 0.0272. The van der Waals surface area contributed by atoms with E-state index in [0.29, 0.717) is 23.9 Å². The lowest BCUT2D eigenvalue weighted by atomic mass is 10.0. The molecule has 0 aromatic carbocycles. The average Bonchev–Trinajstić information content (AvgIpc) is 3.35. The van der Waals surface area contributed by atoms with Crippen LogP contribution in [-0.2, 0) is 18.4 Å². The molecule has 9 heteroatoms. The zero-order valence-electron chi connectivity index (χ0n) is 48.1. The maximum absolute atomic E-state index is 13.0. The number of hydrogen-bond donors (Lipinski definition) is 2. The van der Waals surface area contributed by atoms with Gasteiger partial charge in [0.15, 0.2) is 0 Å². The van der Waals surface area contributed by atoms with Crippen molar-refractivity contribution in [3.8, 4) is 0 Å². The van der Waals surface area contributed by atoms with E-state index in [1.807, 2.05) is 21.1 Å². The second-order valence-corrected chi connectivity index (χ2v) is 22.7. The van der Waals surface area contributed by atoms with E-state index >= 15 is 0 Å². The molecule has 73 heavy (non-hydrogen) atoms. The van der Waals surface area contributed by atoms with Gasteiger partial charge < -0.3 is 28.8 Å². The van der Waals surface area contributed by atoms with Gasteiger partial charge in [-0.05, 0) is 77.0 Å². The van der Waals surface area contributed by atoms with Crippen LogP contribution in [0, 0.1) is 0 Å². The molecule has 2 N–H and O–H groups in total. The highest BCUT2D eigenvalue weighted by Gasteiger charge is 2.24. The Labute approximate surface area is 451 Å². The number of phosphoric ester groups is 1. The van der Waals surface area contributed by atoms with E-state index < -0.39 is 20.0 Å². The van der Waals surface area contributed by atoms with Crippen molar-refractivity contribution < 1.29 is 32.9 Å². The van der Waals surface area contributed by atoms with Gasteiger partial charge in [0.2, 0.25) is 5.91 Å². The fourth-order valence-corrected chi connectivity index (χ4v) is 9.13. The molecule has 0 saturated carbocycles. The minimum Gasteiger partial charge on any atom is -0.756 e. The van der Waals surface area contributed by atoms with Crippen molar-refractivity contribution in [1.82, 2.24) is 5.32 Å². The molecule has 0 fully saturated rings. The maximum Gasteiger partial charge on any atom is 0.268 e. The van der Waals surface area contributed by atoms with Crippen molar-refractivity contribution in [2.45, 2.75) is 264 Å². The van der Waals surface area contributed by atoms with E-state index in [-0.39, 0.29) is 19.1 Å². The molecule has 0 saturated heterocycles. The summed E-state index contributed by atoms with van der Waals surface area (Å²) in [6, 6.07) is -0.809. The number of aliphatic hydroxyl groups excluding tert-OH is 1. The molecule has 0 bridgehead atoms. The van der Waals surface area contributed by atoms with Crippen LogP contribution < -0.4 is 10.2 Å². The first-order valence-electron chi connectivity index (χ1n) is 30.1. The average molecular weight is 1040 g/mol. The van der Waals surface area contributed by atoms with Crippen molar-refractivity contribution in [1.29, 1.82) is 0 Å². The van der Waals surface area contributed by atoms with Crippen LogP contribution in [-0.4, -0.2) is 68.5 Å². The van der Waals surface area contributed by atoms with Crippen molar-refractivity contribution >= 4 is 13.7 Å². The molecule has 0 aromatic heterocycles. The van der Waals surface area contributed by atoms with Crippen LogP contribution in [0.4, 0.5) is 0 Å². The Morgan fingerprint density at radius 2 is 0.836 bits per heavy atom. The summed E-state index contributed by atoms with van der Waals surface area (Å²) in [7, 11) is 1.29. The van der Waals surface area contributed by atoms with Crippen LogP contribution >= 0.6 is 7.82 Å². The van der Waals surface area contributed by atoms with Crippen LogP contribution in [0.2, 0.25) is 0 Å². The molecular weight excluding hydrogens is 924 g/mol. The second-order valence-electron chi connectivity index (χ2n) is 21.3. The Balaban J connectivity index is 4.12. The molecule has 0 aromatic rings. The lowest BCUT2D eigenvalue weighted by molar-refractivity contribution is -0.870. The van der Waals surface area contributed by atoms with Gasteiger partial charge in [-0.3, -0.25) is 9.36 Å². The number of quaternary nitrogens is 1. The third kappa shape index (κ3) is 57.0. The lowest BCUT2D eigenvalue weighted by Gasteiger charge is -2.30. The molecule has 8 nitrogen and oxygen atoms in total. The number of likely N-dealkylation sites (N-methyl/N-ethyl adjacent to an activating group) is 1. The SMILES string of the molecule is CC/C=C\C/C=C\C/C=C\C/C=C\C/C=C\C/C=C\C/C=C\C/C=C\CCCCCCCCCCCCC(=O)NC(COP(=O)([O-])OCC[N+](C)(C)C)C(O)CCCCCCCCCCCCCCCCCC. The highest BCUT2D eigenvalue weighted by molar-refractivity contribution is 7.45. The smallest absolute Gasteiger partial charge is 0.268 e. The van der Waals surface area contributed by atoms with Crippen LogP contribution in [0.25, 0.3) is 0 Å². The molecule has 3 unspecified atom stereocenters. The first kappa shape index (κ1) is 70.4. The zero-order valence-corrected chi connectivity index (χ0v) is 49.0. The van der Waals surface area contributed by atoms with Gasteiger partial charge >= 0.3 is 0 Å². The number of phosphoric acid groups is 1. The van der Waals surface area contributed by atoms with Gasteiger partial charge in [-0.1, -0.05) is 265 Å². The van der Waals surface area contributed by atoms with Gasteiger partial charge in [-0.2, -0.15) is 0 Å². The van der Waals surface area contributed by atoms with Gasteiger partial charge in [0.25, 0.3) is 7.82 Å². The third-order valence-electron chi connectivity index (χ3n) is 13.1. The summed E-state index contributed by atoms with van der Waals surface area (Å²) in [5.74, 6) is -0.172. The van der Waals surface area contributed by atoms with Crippen LogP contribution in [0.3, 0.4) is 0 Å². The number of hydrogen-bond acceptors (Lipinski definition) is 6. The minimum absolute atomic E-state index is 0.00760. The second kappa shape index (κ2) is 54.2. The molecule has 0 aliphatic carbocycles. The van der Waals surface area contributed by atoms with E-state index in [4.69, 9.17) is 9.05 Å². The molecule has 0 spiro atoms. The number of nitrogens with zero attached hydrogens (tertiary/aromatic N) is 1. The van der Waals surface area contributed by atoms with E-state index in [0.717, 1.165) is 96.3 Å². The predicted octanol–water partition coefficient (Wildman–Crippen LogP) is 18.0. The summed E-state index contributed by atoms with van der Waals surface area (Å²) in [4.78, 5) is 25.5. The molecular formula is C64H115N2O6P. The Morgan fingerprint density at radius 3 is 1.22 bits per heavy atom. The lowest BCUT2D eigenvalue weighted by Crippen LogP contribution is -2.46. The van der Waals surface area contributed by atoms with Crippen LogP contribution in [0.15, 0.2) is 97.2 Å². The summed E-state index contributed by atoms with van der Waals surface area (Å²) in [5.41, 5.74) is 0. The van der Waals surface area contributed by atoms with E-state index in [9.17, 15) is 19.4 Å². The van der Waals surface area contributed by atoms with E-state index in [2.05, 4.69) is 116 Å². The van der Waals surface area contributed by atoms with Gasteiger partial charge in [0.1, 0.15) is 13.2 Å². The maximum atomic E-state index is 13.0. The first-order valence-corrected chi connectivity index (χ1v) is 31.5. The predicted molar refractivity (Wildman–Crippen MR) is 316 cm³/mol. The molecule has 0 aliphatic rings. The molecule has 3 atom stereocenters. The van der Waals surface area contributed by atoms with E-state index in [1.54, 1.807) is 0 Å². The number of carbonyl (C=O) groups is 1.